The molecule has 0 radical (unpaired) electrons. The van der Waals surface area contributed by atoms with Crippen LogP contribution in [0.2, 0.25) is 0 Å². The van der Waals surface area contributed by atoms with Crippen molar-refractivity contribution in [3.63, 3.8) is 0 Å². The van der Waals surface area contributed by atoms with Gasteiger partial charge in [0.1, 0.15) is 23.2 Å². The fourth-order valence-electron chi connectivity index (χ4n) is 4.06. The Kier molecular flexibility index (Phi) is 5.60. The molecule has 1 fully saturated rings. The smallest absolute Gasteiger partial charge is 0.263 e. The molecule has 33 heavy (non-hydrogen) atoms. The van der Waals surface area contributed by atoms with Gasteiger partial charge in [0.2, 0.25) is 0 Å². The summed E-state index contributed by atoms with van der Waals surface area (Å²) in [5, 5.41) is 7.43. The number of nitrogens with zero attached hydrogens (tertiary/aromatic N) is 4. The molecule has 2 aromatic heterocycles. The monoisotopic (exact) mass is 449 g/mol. The maximum absolute atomic E-state index is 13.8. The quantitative estimate of drug-likeness (QED) is 0.473. The second kappa shape index (κ2) is 8.85. The molecule has 0 unspecified atom stereocenters. The van der Waals surface area contributed by atoms with E-state index in [0.29, 0.717) is 23.0 Å². The number of rotatable bonds is 6. The van der Waals surface area contributed by atoms with Gasteiger partial charge in [0.05, 0.1) is 12.2 Å². The SMILES string of the molecule is O=C(COc1ccc(F)cc1)Nc1cnc2ccc(N3CCC[C@@H]3c3cccc(F)c3)nn12. The van der Waals surface area contributed by atoms with E-state index in [1.54, 1.807) is 16.6 Å². The number of carbonyl (C=O) groups excluding carboxylic acids is 1. The summed E-state index contributed by atoms with van der Waals surface area (Å²) in [4.78, 5) is 18.8. The Hall–Kier alpha value is -4.01. The minimum atomic E-state index is -0.396. The van der Waals surface area contributed by atoms with Crippen LogP contribution in [-0.2, 0) is 4.79 Å². The van der Waals surface area contributed by atoms with Gasteiger partial charge in [-0.2, -0.15) is 4.52 Å². The summed E-state index contributed by atoms with van der Waals surface area (Å²) >= 11 is 0. The fraction of sp³-hybridized carbons (Fsp3) is 0.208. The van der Waals surface area contributed by atoms with Crippen molar-refractivity contribution in [2.45, 2.75) is 18.9 Å². The first-order valence-corrected chi connectivity index (χ1v) is 10.6. The van der Waals surface area contributed by atoms with E-state index in [1.165, 1.54) is 36.5 Å². The maximum atomic E-state index is 13.8. The van der Waals surface area contributed by atoms with Crippen LogP contribution >= 0.6 is 0 Å². The van der Waals surface area contributed by atoms with Crippen LogP contribution in [0.5, 0.6) is 5.75 Å². The minimum Gasteiger partial charge on any atom is -0.484 e. The van der Waals surface area contributed by atoms with Gasteiger partial charge in [-0.3, -0.25) is 4.79 Å². The van der Waals surface area contributed by atoms with E-state index in [2.05, 4.69) is 20.3 Å². The van der Waals surface area contributed by atoms with E-state index < -0.39 is 5.91 Å². The zero-order valence-corrected chi connectivity index (χ0v) is 17.6. The summed E-state index contributed by atoms with van der Waals surface area (Å²) in [6.45, 7) is 0.550. The summed E-state index contributed by atoms with van der Waals surface area (Å²) in [5.74, 6) is 0.475. The van der Waals surface area contributed by atoms with Gasteiger partial charge in [0, 0.05) is 6.54 Å². The van der Waals surface area contributed by atoms with Crippen LogP contribution in [-0.4, -0.2) is 33.7 Å². The number of halogens is 2. The molecule has 0 aliphatic carbocycles. The van der Waals surface area contributed by atoms with Crippen LogP contribution in [0, 0.1) is 11.6 Å². The number of anilines is 2. The van der Waals surface area contributed by atoms with Gasteiger partial charge in [-0.05, 0) is 66.9 Å². The highest BCUT2D eigenvalue weighted by atomic mass is 19.1. The molecule has 1 N–H and O–H groups in total. The van der Waals surface area contributed by atoms with Crippen LogP contribution in [0.15, 0.2) is 66.9 Å². The third-order valence-corrected chi connectivity index (χ3v) is 5.58. The topological polar surface area (TPSA) is 71.8 Å². The van der Waals surface area contributed by atoms with E-state index >= 15 is 0 Å². The molecule has 7 nitrogen and oxygen atoms in total. The van der Waals surface area contributed by atoms with E-state index in [9.17, 15) is 13.6 Å². The number of ether oxygens (including phenoxy) is 1. The molecule has 1 saturated heterocycles. The number of hydrogen-bond donors (Lipinski definition) is 1. The van der Waals surface area contributed by atoms with Gasteiger partial charge in [-0.25, -0.2) is 13.8 Å². The highest BCUT2D eigenvalue weighted by Gasteiger charge is 2.28. The third kappa shape index (κ3) is 4.48. The Morgan fingerprint density at radius 1 is 1.09 bits per heavy atom. The van der Waals surface area contributed by atoms with E-state index in [1.807, 2.05) is 18.2 Å². The Morgan fingerprint density at radius 3 is 2.76 bits per heavy atom. The van der Waals surface area contributed by atoms with Crippen LogP contribution in [0.25, 0.3) is 5.65 Å². The summed E-state index contributed by atoms with van der Waals surface area (Å²) in [7, 11) is 0. The minimum absolute atomic E-state index is 0.0244. The molecule has 5 rings (SSSR count). The van der Waals surface area contributed by atoms with Gasteiger partial charge in [-0.1, -0.05) is 12.1 Å². The van der Waals surface area contributed by atoms with Crippen molar-refractivity contribution >= 4 is 23.2 Å². The fourth-order valence-corrected chi connectivity index (χ4v) is 4.06. The summed E-state index contributed by atoms with van der Waals surface area (Å²) < 4.78 is 33.7. The summed E-state index contributed by atoms with van der Waals surface area (Å²) in [6, 6.07) is 15.8. The first-order valence-electron chi connectivity index (χ1n) is 10.6. The number of aromatic nitrogens is 3. The molecular weight excluding hydrogens is 428 g/mol. The first kappa shape index (κ1) is 20.9. The van der Waals surface area contributed by atoms with Crippen molar-refractivity contribution in [1.82, 2.24) is 14.6 Å². The summed E-state index contributed by atoms with van der Waals surface area (Å²) in [6.07, 6.45) is 3.39. The third-order valence-electron chi connectivity index (χ3n) is 5.58. The molecule has 9 heteroatoms. The highest BCUT2D eigenvalue weighted by molar-refractivity contribution is 5.91. The number of amides is 1. The molecule has 0 bridgehead atoms. The normalized spacial score (nSPS) is 15.7. The number of fused-ring (bicyclic) bond motifs is 1. The van der Waals surface area contributed by atoms with Crippen molar-refractivity contribution in [1.29, 1.82) is 0 Å². The standard InChI is InChI=1S/C24H21F2N5O2/c25-17-6-8-19(9-7-17)33-15-24(32)28-23-14-27-21-10-11-22(29-31(21)23)30-12-2-5-20(30)16-3-1-4-18(26)13-16/h1,3-4,6-11,13-14,20H,2,5,12,15H2,(H,28,32)/t20-/m1/s1. The van der Waals surface area contributed by atoms with Crippen LogP contribution < -0.4 is 15.0 Å². The van der Waals surface area contributed by atoms with Crippen LogP contribution in [0.1, 0.15) is 24.4 Å². The number of hydrogen-bond acceptors (Lipinski definition) is 5. The Labute approximate surface area is 188 Å². The molecule has 0 saturated carbocycles. The maximum Gasteiger partial charge on any atom is 0.263 e. The molecule has 1 aliphatic heterocycles. The average molecular weight is 449 g/mol. The number of benzene rings is 2. The van der Waals surface area contributed by atoms with Crippen molar-refractivity contribution in [3.05, 3.63) is 84.1 Å². The molecule has 1 amide bonds. The van der Waals surface area contributed by atoms with Crippen molar-refractivity contribution in [2.75, 3.05) is 23.4 Å². The van der Waals surface area contributed by atoms with Gasteiger partial charge < -0.3 is 15.0 Å². The second-order valence-corrected chi connectivity index (χ2v) is 7.80. The van der Waals surface area contributed by atoms with Crippen molar-refractivity contribution in [2.24, 2.45) is 0 Å². The molecule has 0 spiro atoms. The first-order chi connectivity index (χ1) is 16.1. The lowest BCUT2D eigenvalue weighted by Gasteiger charge is -2.26. The molecular formula is C24H21F2N5O2. The van der Waals surface area contributed by atoms with Gasteiger partial charge in [0.25, 0.3) is 5.91 Å². The Morgan fingerprint density at radius 2 is 1.94 bits per heavy atom. The molecule has 3 heterocycles. The lowest BCUT2D eigenvalue weighted by molar-refractivity contribution is -0.118. The number of nitrogens with one attached hydrogen (secondary N) is 1. The van der Waals surface area contributed by atoms with Gasteiger partial charge in [-0.15, -0.1) is 5.10 Å². The van der Waals surface area contributed by atoms with E-state index in [4.69, 9.17) is 4.74 Å². The number of imidazole rings is 1. The molecule has 2 aromatic carbocycles. The predicted octanol–water partition coefficient (Wildman–Crippen LogP) is 4.37. The van der Waals surface area contributed by atoms with Gasteiger partial charge in [0.15, 0.2) is 18.1 Å². The van der Waals surface area contributed by atoms with Crippen LogP contribution in [0.4, 0.5) is 20.4 Å². The van der Waals surface area contributed by atoms with Crippen LogP contribution in [0.3, 0.4) is 0 Å². The lowest BCUT2D eigenvalue weighted by atomic mass is 10.0. The van der Waals surface area contributed by atoms with E-state index in [0.717, 1.165) is 24.9 Å². The zero-order valence-electron chi connectivity index (χ0n) is 17.6. The predicted molar refractivity (Wildman–Crippen MR) is 119 cm³/mol. The second-order valence-electron chi connectivity index (χ2n) is 7.80. The zero-order chi connectivity index (χ0) is 22.8. The van der Waals surface area contributed by atoms with E-state index in [-0.39, 0.29) is 24.3 Å². The molecule has 1 aliphatic rings. The molecule has 1 atom stereocenters. The largest absolute Gasteiger partial charge is 0.484 e. The van der Waals surface area contributed by atoms with Crippen molar-refractivity contribution < 1.29 is 18.3 Å². The summed E-state index contributed by atoms with van der Waals surface area (Å²) in [5.41, 5.74) is 1.49. The molecule has 4 aromatic rings. The lowest BCUT2D eigenvalue weighted by Crippen LogP contribution is -2.25. The number of carbonyl (C=O) groups is 1. The highest BCUT2D eigenvalue weighted by Crippen LogP contribution is 2.35. The Balaban J connectivity index is 1.33. The average Bonchev–Trinajstić information content (AvgIpc) is 3.46. The Bertz CT molecular complexity index is 1290. The van der Waals surface area contributed by atoms with Crippen molar-refractivity contribution in [3.8, 4) is 5.75 Å². The van der Waals surface area contributed by atoms with Gasteiger partial charge >= 0.3 is 0 Å². The molecule has 168 valence electrons.